The third-order valence-electron chi connectivity index (χ3n) is 3.46. The third-order valence-corrected chi connectivity index (χ3v) is 3.46. The van der Waals surface area contributed by atoms with Crippen molar-refractivity contribution >= 4 is 5.69 Å². The van der Waals surface area contributed by atoms with Crippen LogP contribution in [0.4, 0.5) is 10.1 Å². The summed E-state index contributed by atoms with van der Waals surface area (Å²) in [5, 5.41) is 3.51. The van der Waals surface area contributed by atoms with Gasteiger partial charge in [0.1, 0.15) is 11.6 Å². The van der Waals surface area contributed by atoms with Gasteiger partial charge in [-0.1, -0.05) is 25.7 Å². The minimum absolute atomic E-state index is 0.245. The van der Waals surface area contributed by atoms with Gasteiger partial charge in [0.15, 0.2) is 0 Å². The highest BCUT2D eigenvalue weighted by atomic mass is 19.1. The first kappa shape index (κ1) is 13.2. The van der Waals surface area contributed by atoms with Crippen molar-refractivity contribution in [2.24, 2.45) is 0 Å². The molecule has 0 radical (unpaired) electrons. The molecule has 2 rings (SSSR count). The normalized spacial score (nSPS) is 17.2. The quantitative estimate of drug-likeness (QED) is 0.803. The van der Waals surface area contributed by atoms with Gasteiger partial charge in [-0.05, 0) is 31.9 Å². The van der Waals surface area contributed by atoms with Gasteiger partial charge in [-0.15, -0.1) is 0 Å². The molecule has 0 heterocycles. The molecule has 0 aliphatic heterocycles. The van der Waals surface area contributed by atoms with E-state index < -0.39 is 0 Å². The number of hydrogen-bond donors (Lipinski definition) is 1. The molecule has 2 nitrogen and oxygen atoms in total. The molecule has 1 aromatic carbocycles. The average molecular weight is 251 g/mol. The highest BCUT2D eigenvalue weighted by molar-refractivity contribution is 5.57. The topological polar surface area (TPSA) is 21.3 Å². The van der Waals surface area contributed by atoms with Gasteiger partial charge >= 0.3 is 0 Å². The highest BCUT2D eigenvalue weighted by Gasteiger charge is 2.14. The minimum atomic E-state index is -0.245. The molecule has 1 fully saturated rings. The number of halogens is 1. The van der Waals surface area contributed by atoms with Crippen molar-refractivity contribution in [3.05, 3.63) is 24.0 Å². The van der Waals surface area contributed by atoms with Crippen molar-refractivity contribution in [1.82, 2.24) is 0 Å². The Hall–Kier alpha value is -1.25. The first-order valence-corrected chi connectivity index (χ1v) is 6.98. The second-order valence-corrected chi connectivity index (χ2v) is 4.91. The summed E-state index contributed by atoms with van der Waals surface area (Å²) in [6.07, 6.45) is 7.62. The summed E-state index contributed by atoms with van der Waals surface area (Å²) in [7, 11) is 0. The van der Waals surface area contributed by atoms with Crippen LogP contribution in [0.2, 0.25) is 0 Å². The molecular formula is C15H22FNO. The van der Waals surface area contributed by atoms with Crippen molar-refractivity contribution in [2.45, 2.75) is 51.5 Å². The molecule has 0 spiro atoms. The second kappa shape index (κ2) is 6.62. The van der Waals surface area contributed by atoms with Gasteiger partial charge in [0.05, 0.1) is 12.3 Å². The zero-order valence-electron chi connectivity index (χ0n) is 11.0. The molecule has 1 aliphatic rings. The van der Waals surface area contributed by atoms with Gasteiger partial charge in [-0.2, -0.15) is 0 Å². The van der Waals surface area contributed by atoms with Crippen molar-refractivity contribution in [2.75, 3.05) is 11.9 Å². The molecule has 100 valence electrons. The lowest BCUT2D eigenvalue weighted by Gasteiger charge is -2.20. The van der Waals surface area contributed by atoms with E-state index in [2.05, 4.69) is 5.32 Å². The monoisotopic (exact) mass is 251 g/mol. The Morgan fingerprint density at radius 3 is 2.61 bits per heavy atom. The predicted octanol–water partition coefficient (Wildman–Crippen LogP) is 4.36. The van der Waals surface area contributed by atoms with Crippen LogP contribution in [-0.2, 0) is 0 Å². The largest absolute Gasteiger partial charge is 0.492 e. The zero-order chi connectivity index (χ0) is 12.8. The van der Waals surface area contributed by atoms with E-state index in [0.717, 1.165) is 5.69 Å². The number of anilines is 1. The third kappa shape index (κ3) is 3.62. The average Bonchev–Trinajstić information content (AvgIpc) is 2.61. The predicted molar refractivity (Wildman–Crippen MR) is 72.7 cm³/mol. The van der Waals surface area contributed by atoms with Gasteiger partial charge in [-0.25, -0.2) is 4.39 Å². The molecule has 0 unspecified atom stereocenters. The van der Waals surface area contributed by atoms with E-state index in [0.29, 0.717) is 18.4 Å². The van der Waals surface area contributed by atoms with Gasteiger partial charge in [-0.3, -0.25) is 0 Å². The summed E-state index contributed by atoms with van der Waals surface area (Å²) in [6, 6.07) is 5.23. The lowest BCUT2D eigenvalue weighted by Crippen LogP contribution is -2.18. The fourth-order valence-electron chi connectivity index (χ4n) is 2.53. The van der Waals surface area contributed by atoms with Crippen molar-refractivity contribution in [3.63, 3.8) is 0 Å². The number of nitrogens with one attached hydrogen (secondary N) is 1. The smallest absolute Gasteiger partial charge is 0.145 e. The first-order valence-electron chi connectivity index (χ1n) is 6.98. The number of rotatable bonds is 4. The number of hydrogen-bond acceptors (Lipinski definition) is 2. The summed E-state index contributed by atoms with van der Waals surface area (Å²) in [6.45, 7) is 2.48. The first-order chi connectivity index (χ1) is 8.79. The summed E-state index contributed by atoms with van der Waals surface area (Å²) in [4.78, 5) is 0. The van der Waals surface area contributed by atoms with Crippen LogP contribution in [0.1, 0.15) is 45.4 Å². The van der Waals surface area contributed by atoms with E-state index >= 15 is 0 Å². The summed E-state index contributed by atoms with van der Waals surface area (Å²) in [5.74, 6) is 0.381. The van der Waals surface area contributed by atoms with E-state index in [1.807, 2.05) is 6.92 Å². The van der Waals surface area contributed by atoms with Crippen molar-refractivity contribution < 1.29 is 9.13 Å². The maximum atomic E-state index is 13.2. The molecule has 0 aromatic heterocycles. The molecule has 18 heavy (non-hydrogen) atoms. The van der Waals surface area contributed by atoms with E-state index in [4.69, 9.17) is 4.74 Å². The SMILES string of the molecule is CCOc1cc(F)ccc1NC1CCCCCC1. The van der Waals surface area contributed by atoms with Gasteiger partial charge in [0.2, 0.25) is 0 Å². The van der Waals surface area contributed by atoms with E-state index in [1.54, 1.807) is 6.07 Å². The van der Waals surface area contributed by atoms with E-state index in [9.17, 15) is 4.39 Å². The van der Waals surface area contributed by atoms with Crippen molar-refractivity contribution in [1.29, 1.82) is 0 Å². The Kier molecular flexibility index (Phi) is 4.85. The number of benzene rings is 1. The molecule has 0 saturated heterocycles. The maximum Gasteiger partial charge on any atom is 0.145 e. The fraction of sp³-hybridized carbons (Fsp3) is 0.600. The van der Waals surface area contributed by atoms with Crippen LogP contribution in [0.15, 0.2) is 18.2 Å². The Morgan fingerprint density at radius 1 is 1.22 bits per heavy atom. The summed E-state index contributed by atoms with van der Waals surface area (Å²) < 4.78 is 18.7. The summed E-state index contributed by atoms with van der Waals surface area (Å²) >= 11 is 0. The molecule has 0 amide bonds. The highest BCUT2D eigenvalue weighted by Crippen LogP contribution is 2.28. The Morgan fingerprint density at radius 2 is 1.94 bits per heavy atom. The van der Waals surface area contributed by atoms with Gasteiger partial charge in [0.25, 0.3) is 0 Å². The van der Waals surface area contributed by atoms with Crippen LogP contribution >= 0.6 is 0 Å². The standard InChI is InChI=1S/C15H22FNO/c1-2-18-15-11-12(16)9-10-14(15)17-13-7-5-3-4-6-8-13/h9-11,13,17H,2-8H2,1H3. The maximum absolute atomic E-state index is 13.2. The molecule has 0 atom stereocenters. The van der Waals surface area contributed by atoms with Crippen LogP contribution in [0.5, 0.6) is 5.75 Å². The molecule has 0 bridgehead atoms. The Labute approximate surface area is 109 Å². The lowest BCUT2D eigenvalue weighted by atomic mass is 10.1. The van der Waals surface area contributed by atoms with Crippen LogP contribution in [0.3, 0.4) is 0 Å². The fourth-order valence-corrected chi connectivity index (χ4v) is 2.53. The van der Waals surface area contributed by atoms with E-state index in [-0.39, 0.29) is 5.82 Å². The van der Waals surface area contributed by atoms with Crippen LogP contribution < -0.4 is 10.1 Å². The van der Waals surface area contributed by atoms with Gasteiger partial charge < -0.3 is 10.1 Å². The zero-order valence-corrected chi connectivity index (χ0v) is 11.0. The Balaban J connectivity index is 2.06. The minimum Gasteiger partial charge on any atom is -0.492 e. The van der Waals surface area contributed by atoms with Gasteiger partial charge in [0, 0.05) is 12.1 Å². The molecule has 3 heteroatoms. The Bertz CT molecular complexity index is 373. The van der Waals surface area contributed by atoms with Crippen molar-refractivity contribution in [3.8, 4) is 5.75 Å². The van der Waals surface area contributed by atoms with Crippen LogP contribution in [0.25, 0.3) is 0 Å². The number of ether oxygens (including phenoxy) is 1. The summed E-state index contributed by atoms with van der Waals surface area (Å²) in [5.41, 5.74) is 0.921. The lowest BCUT2D eigenvalue weighted by molar-refractivity contribution is 0.339. The second-order valence-electron chi connectivity index (χ2n) is 4.91. The molecule has 1 aromatic rings. The van der Waals surface area contributed by atoms with Crippen LogP contribution in [-0.4, -0.2) is 12.6 Å². The van der Waals surface area contributed by atoms with E-state index in [1.165, 1.54) is 50.7 Å². The molecular weight excluding hydrogens is 229 g/mol. The van der Waals surface area contributed by atoms with Crippen LogP contribution in [0, 0.1) is 5.82 Å². The molecule has 1 N–H and O–H groups in total. The molecule has 1 saturated carbocycles. The molecule has 1 aliphatic carbocycles.